The summed E-state index contributed by atoms with van der Waals surface area (Å²) in [6.07, 6.45) is 1.51. The Balaban J connectivity index is 2.51. The zero-order valence-corrected chi connectivity index (χ0v) is 8.64. The minimum absolute atomic E-state index is 0.614. The molecule has 0 unspecified atom stereocenters. The van der Waals surface area contributed by atoms with Gasteiger partial charge in [-0.2, -0.15) is 5.10 Å². The van der Waals surface area contributed by atoms with Crippen LogP contribution in [0.1, 0.15) is 0 Å². The van der Waals surface area contributed by atoms with E-state index in [-0.39, 0.29) is 0 Å². The fourth-order valence-electron chi connectivity index (χ4n) is 1.41. The molecule has 0 aliphatic heterocycles. The number of anilines is 1. The number of hydrogen-bond donors (Lipinski definition) is 1. The van der Waals surface area contributed by atoms with Gasteiger partial charge in [0.25, 0.3) is 0 Å². The van der Waals surface area contributed by atoms with Crippen LogP contribution in [-0.4, -0.2) is 21.9 Å². The molecular weight excluding hydrogens is 192 g/mol. The van der Waals surface area contributed by atoms with Crippen LogP contribution < -0.4 is 10.5 Å². The van der Waals surface area contributed by atoms with E-state index in [9.17, 15) is 0 Å². The molecule has 5 nitrogen and oxygen atoms in total. The van der Waals surface area contributed by atoms with Crippen LogP contribution in [0.4, 0.5) is 5.69 Å². The Hall–Kier alpha value is -2.04. The average molecular weight is 204 g/mol. The van der Waals surface area contributed by atoms with E-state index < -0.39 is 0 Å². The molecule has 15 heavy (non-hydrogen) atoms. The number of hydrogen-bond acceptors (Lipinski definition) is 4. The van der Waals surface area contributed by atoms with Gasteiger partial charge in [-0.1, -0.05) is 0 Å². The molecule has 0 atom stereocenters. The zero-order chi connectivity index (χ0) is 10.8. The highest BCUT2D eigenvalue weighted by molar-refractivity contribution is 5.65. The lowest BCUT2D eigenvalue weighted by molar-refractivity contribution is 0.417. The highest BCUT2D eigenvalue weighted by Gasteiger charge is 2.07. The minimum Gasteiger partial charge on any atom is -0.495 e. The van der Waals surface area contributed by atoms with E-state index in [1.54, 1.807) is 17.9 Å². The van der Waals surface area contributed by atoms with Gasteiger partial charge in [-0.25, -0.2) is 9.67 Å². The van der Waals surface area contributed by atoms with Crippen molar-refractivity contribution < 1.29 is 4.74 Å². The van der Waals surface area contributed by atoms with Gasteiger partial charge in [0.2, 0.25) is 0 Å². The lowest BCUT2D eigenvalue weighted by atomic mass is 10.2. The van der Waals surface area contributed by atoms with Gasteiger partial charge in [0.15, 0.2) is 5.82 Å². The third kappa shape index (κ3) is 1.63. The van der Waals surface area contributed by atoms with Crippen molar-refractivity contribution >= 4 is 5.69 Å². The zero-order valence-electron chi connectivity index (χ0n) is 8.64. The monoisotopic (exact) mass is 204 g/mol. The van der Waals surface area contributed by atoms with Crippen molar-refractivity contribution in [1.29, 1.82) is 0 Å². The number of nitrogen functional groups attached to an aromatic ring is 1. The second kappa shape index (κ2) is 3.61. The van der Waals surface area contributed by atoms with E-state index in [0.717, 1.165) is 11.4 Å². The lowest BCUT2D eigenvalue weighted by Crippen LogP contribution is -1.96. The molecule has 0 spiro atoms. The maximum atomic E-state index is 5.72. The minimum atomic E-state index is 0.614. The fourth-order valence-corrected chi connectivity index (χ4v) is 1.41. The van der Waals surface area contributed by atoms with Gasteiger partial charge in [-0.05, 0) is 18.2 Å². The van der Waals surface area contributed by atoms with Gasteiger partial charge in [0.1, 0.15) is 12.1 Å². The van der Waals surface area contributed by atoms with Crippen molar-refractivity contribution in [3.63, 3.8) is 0 Å². The van der Waals surface area contributed by atoms with E-state index in [2.05, 4.69) is 10.1 Å². The summed E-state index contributed by atoms with van der Waals surface area (Å²) in [5, 5.41) is 4.00. The van der Waals surface area contributed by atoms with Crippen molar-refractivity contribution in [2.75, 3.05) is 12.8 Å². The first-order valence-corrected chi connectivity index (χ1v) is 4.50. The summed E-state index contributed by atoms with van der Waals surface area (Å²) in [6, 6.07) is 5.53. The van der Waals surface area contributed by atoms with Gasteiger partial charge in [0.05, 0.1) is 12.8 Å². The number of nitrogens with two attached hydrogens (primary N) is 1. The summed E-state index contributed by atoms with van der Waals surface area (Å²) in [5.41, 5.74) is 7.27. The summed E-state index contributed by atoms with van der Waals surface area (Å²) in [7, 11) is 3.43. The molecule has 2 rings (SSSR count). The Morgan fingerprint density at radius 1 is 1.40 bits per heavy atom. The second-order valence-corrected chi connectivity index (χ2v) is 3.16. The number of aryl methyl sites for hydroxylation is 1. The van der Waals surface area contributed by atoms with E-state index in [1.807, 2.05) is 19.2 Å². The Bertz CT molecular complexity index is 478. The molecule has 78 valence electrons. The Morgan fingerprint density at radius 3 is 2.80 bits per heavy atom. The van der Waals surface area contributed by atoms with Crippen LogP contribution in [0.2, 0.25) is 0 Å². The Morgan fingerprint density at radius 2 is 2.20 bits per heavy atom. The quantitative estimate of drug-likeness (QED) is 0.743. The molecule has 2 N–H and O–H groups in total. The number of ether oxygens (including phenoxy) is 1. The van der Waals surface area contributed by atoms with Crippen molar-refractivity contribution in [2.45, 2.75) is 0 Å². The average Bonchev–Trinajstić information content (AvgIpc) is 2.65. The van der Waals surface area contributed by atoms with E-state index in [0.29, 0.717) is 11.4 Å². The van der Waals surface area contributed by atoms with Crippen LogP contribution >= 0.6 is 0 Å². The molecule has 0 saturated carbocycles. The summed E-state index contributed by atoms with van der Waals surface area (Å²) < 4.78 is 6.84. The first kappa shape index (κ1) is 9.51. The predicted molar refractivity (Wildman–Crippen MR) is 57.4 cm³/mol. The molecule has 1 aromatic carbocycles. The van der Waals surface area contributed by atoms with Gasteiger partial charge in [-0.3, -0.25) is 0 Å². The van der Waals surface area contributed by atoms with Crippen molar-refractivity contribution in [1.82, 2.24) is 14.8 Å². The van der Waals surface area contributed by atoms with Crippen LogP contribution in [-0.2, 0) is 7.05 Å². The highest BCUT2D eigenvalue weighted by Crippen LogP contribution is 2.27. The smallest absolute Gasteiger partial charge is 0.157 e. The third-order valence-electron chi connectivity index (χ3n) is 2.20. The first-order valence-electron chi connectivity index (χ1n) is 4.50. The second-order valence-electron chi connectivity index (χ2n) is 3.16. The van der Waals surface area contributed by atoms with Gasteiger partial charge in [0, 0.05) is 12.6 Å². The molecule has 1 heterocycles. The highest BCUT2D eigenvalue weighted by atomic mass is 16.5. The molecule has 5 heteroatoms. The number of benzene rings is 1. The lowest BCUT2D eigenvalue weighted by Gasteiger charge is -2.06. The van der Waals surface area contributed by atoms with Gasteiger partial charge >= 0.3 is 0 Å². The standard InChI is InChI=1S/C10H12N4O/c1-14-10(12-6-13-14)7-3-4-8(11)9(5-7)15-2/h3-6H,11H2,1-2H3. The predicted octanol–water partition coefficient (Wildman–Crippen LogP) is 1.07. The van der Waals surface area contributed by atoms with Crippen LogP contribution in [0, 0.1) is 0 Å². The van der Waals surface area contributed by atoms with Crippen molar-refractivity contribution in [3.8, 4) is 17.1 Å². The molecule has 0 aliphatic carbocycles. The molecule has 0 saturated heterocycles. The normalized spacial score (nSPS) is 10.3. The van der Waals surface area contributed by atoms with Gasteiger partial charge in [-0.15, -0.1) is 0 Å². The number of methoxy groups -OCH3 is 1. The molecule has 1 aromatic heterocycles. The van der Waals surface area contributed by atoms with Crippen LogP contribution in [0.3, 0.4) is 0 Å². The van der Waals surface area contributed by atoms with E-state index >= 15 is 0 Å². The molecule has 2 aromatic rings. The molecule has 0 radical (unpaired) electrons. The van der Waals surface area contributed by atoms with Crippen LogP contribution in [0.25, 0.3) is 11.4 Å². The molecule has 0 fully saturated rings. The molecule has 0 aliphatic rings. The van der Waals surface area contributed by atoms with Crippen molar-refractivity contribution in [2.24, 2.45) is 7.05 Å². The first-order chi connectivity index (χ1) is 7.22. The topological polar surface area (TPSA) is 66.0 Å². The Labute approximate surface area is 87.5 Å². The number of aromatic nitrogens is 3. The summed E-state index contributed by atoms with van der Waals surface area (Å²) in [5.74, 6) is 1.43. The van der Waals surface area contributed by atoms with Crippen molar-refractivity contribution in [3.05, 3.63) is 24.5 Å². The molecule has 0 bridgehead atoms. The number of nitrogens with zero attached hydrogens (tertiary/aromatic N) is 3. The van der Waals surface area contributed by atoms with Gasteiger partial charge < -0.3 is 10.5 Å². The maximum Gasteiger partial charge on any atom is 0.157 e. The summed E-state index contributed by atoms with van der Waals surface area (Å²) in [6.45, 7) is 0. The summed E-state index contributed by atoms with van der Waals surface area (Å²) >= 11 is 0. The number of rotatable bonds is 2. The van der Waals surface area contributed by atoms with E-state index in [4.69, 9.17) is 10.5 Å². The molecule has 0 amide bonds. The fraction of sp³-hybridized carbons (Fsp3) is 0.200. The Kier molecular flexibility index (Phi) is 2.29. The van der Waals surface area contributed by atoms with E-state index in [1.165, 1.54) is 6.33 Å². The SMILES string of the molecule is COc1cc(-c2ncnn2C)ccc1N. The van der Waals surface area contributed by atoms with Crippen LogP contribution in [0.5, 0.6) is 5.75 Å². The third-order valence-corrected chi connectivity index (χ3v) is 2.20. The largest absolute Gasteiger partial charge is 0.495 e. The maximum absolute atomic E-state index is 5.72. The van der Waals surface area contributed by atoms with Crippen LogP contribution in [0.15, 0.2) is 24.5 Å². The molecular formula is C10H12N4O. The summed E-state index contributed by atoms with van der Waals surface area (Å²) in [4.78, 5) is 4.15.